The SMILES string of the molecule is CC(C)SC1=C(c2ccccc2)C(=O)N(CCc2ccc(Cl)cc2)C1=O. The normalized spacial score (nSPS) is 14.7. The number of carbonyl (C=O) groups is 2. The first-order valence-corrected chi connectivity index (χ1v) is 9.80. The molecular formula is C21H20ClNO2S. The molecule has 0 aliphatic carbocycles. The summed E-state index contributed by atoms with van der Waals surface area (Å²) in [5, 5.41) is 0.891. The first kappa shape index (κ1) is 18.7. The fourth-order valence-corrected chi connectivity index (χ4v) is 3.98. The molecule has 134 valence electrons. The number of amides is 2. The lowest BCUT2D eigenvalue weighted by atomic mass is 10.1. The van der Waals surface area contributed by atoms with Crippen molar-refractivity contribution in [2.45, 2.75) is 25.5 Å². The summed E-state index contributed by atoms with van der Waals surface area (Å²) < 4.78 is 0. The van der Waals surface area contributed by atoms with Gasteiger partial charge >= 0.3 is 0 Å². The molecule has 0 saturated carbocycles. The quantitative estimate of drug-likeness (QED) is 0.670. The molecule has 0 radical (unpaired) electrons. The van der Waals surface area contributed by atoms with Crippen LogP contribution in [0.4, 0.5) is 0 Å². The largest absolute Gasteiger partial charge is 0.274 e. The maximum Gasteiger partial charge on any atom is 0.268 e. The Kier molecular flexibility index (Phi) is 5.84. The van der Waals surface area contributed by atoms with Crippen LogP contribution in [-0.4, -0.2) is 28.5 Å². The first-order chi connectivity index (χ1) is 12.5. The van der Waals surface area contributed by atoms with Crippen LogP contribution in [0, 0.1) is 0 Å². The van der Waals surface area contributed by atoms with Crippen LogP contribution >= 0.6 is 23.4 Å². The Labute approximate surface area is 163 Å². The van der Waals surface area contributed by atoms with Gasteiger partial charge in [0, 0.05) is 16.8 Å². The number of hydrogen-bond acceptors (Lipinski definition) is 3. The van der Waals surface area contributed by atoms with Crippen molar-refractivity contribution in [2.24, 2.45) is 0 Å². The van der Waals surface area contributed by atoms with Crippen molar-refractivity contribution in [3.63, 3.8) is 0 Å². The highest BCUT2D eigenvalue weighted by Crippen LogP contribution is 2.37. The van der Waals surface area contributed by atoms with Gasteiger partial charge in [-0.1, -0.05) is 67.9 Å². The number of imide groups is 1. The average molecular weight is 386 g/mol. The maximum atomic E-state index is 13.0. The third kappa shape index (κ3) is 4.02. The van der Waals surface area contributed by atoms with Gasteiger partial charge in [-0.05, 0) is 29.7 Å². The molecule has 1 aliphatic heterocycles. The van der Waals surface area contributed by atoms with Gasteiger partial charge in [0.2, 0.25) is 0 Å². The molecule has 1 aliphatic rings. The van der Waals surface area contributed by atoms with E-state index in [9.17, 15) is 9.59 Å². The van der Waals surface area contributed by atoms with Crippen molar-refractivity contribution < 1.29 is 9.59 Å². The van der Waals surface area contributed by atoms with Crippen LogP contribution in [0.1, 0.15) is 25.0 Å². The van der Waals surface area contributed by atoms with E-state index < -0.39 is 0 Å². The molecule has 0 unspecified atom stereocenters. The molecule has 0 atom stereocenters. The molecule has 5 heteroatoms. The molecule has 0 N–H and O–H groups in total. The van der Waals surface area contributed by atoms with Gasteiger partial charge in [0.1, 0.15) is 0 Å². The van der Waals surface area contributed by atoms with Gasteiger partial charge in [-0.25, -0.2) is 0 Å². The first-order valence-electron chi connectivity index (χ1n) is 8.54. The van der Waals surface area contributed by atoms with Gasteiger partial charge in [0.25, 0.3) is 11.8 Å². The van der Waals surface area contributed by atoms with Gasteiger partial charge < -0.3 is 0 Å². The minimum Gasteiger partial charge on any atom is -0.274 e. The van der Waals surface area contributed by atoms with E-state index >= 15 is 0 Å². The van der Waals surface area contributed by atoms with E-state index in [1.54, 1.807) is 0 Å². The zero-order valence-electron chi connectivity index (χ0n) is 14.7. The molecule has 0 spiro atoms. The van der Waals surface area contributed by atoms with Crippen LogP contribution in [0.2, 0.25) is 5.02 Å². The molecule has 2 aromatic carbocycles. The number of benzene rings is 2. The predicted octanol–water partition coefficient (Wildman–Crippen LogP) is 4.80. The number of rotatable bonds is 6. The Morgan fingerprint density at radius 3 is 2.23 bits per heavy atom. The van der Waals surface area contributed by atoms with E-state index in [4.69, 9.17) is 11.6 Å². The maximum absolute atomic E-state index is 13.0. The van der Waals surface area contributed by atoms with Crippen molar-refractivity contribution in [3.05, 3.63) is 75.7 Å². The highest BCUT2D eigenvalue weighted by Gasteiger charge is 2.39. The number of hydrogen-bond donors (Lipinski definition) is 0. The molecule has 26 heavy (non-hydrogen) atoms. The Balaban J connectivity index is 1.85. The summed E-state index contributed by atoms with van der Waals surface area (Å²) in [4.78, 5) is 27.8. The summed E-state index contributed by atoms with van der Waals surface area (Å²) in [6.07, 6.45) is 0.607. The molecule has 1 heterocycles. The summed E-state index contributed by atoms with van der Waals surface area (Å²) >= 11 is 7.37. The second-order valence-corrected chi connectivity index (χ2v) is 8.40. The monoisotopic (exact) mass is 385 g/mol. The van der Waals surface area contributed by atoms with Crippen molar-refractivity contribution in [1.82, 2.24) is 4.90 Å². The van der Waals surface area contributed by atoms with Gasteiger partial charge in [-0.15, -0.1) is 11.8 Å². The second-order valence-electron chi connectivity index (χ2n) is 6.38. The van der Waals surface area contributed by atoms with Crippen molar-refractivity contribution in [1.29, 1.82) is 0 Å². The standard InChI is InChI=1S/C21H20ClNO2S/c1-14(2)26-19-18(16-6-4-3-5-7-16)20(24)23(21(19)25)13-12-15-8-10-17(22)11-9-15/h3-11,14H,12-13H2,1-2H3. The molecule has 2 amide bonds. The smallest absolute Gasteiger partial charge is 0.268 e. The minimum absolute atomic E-state index is 0.193. The molecule has 0 bridgehead atoms. The zero-order valence-corrected chi connectivity index (χ0v) is 16.3. The molecule has 3 rings (SSSR count). The van der Waals surface area contributed by atoms with E-state index in [-0.39, 0.29) is 17.1 Å². The van der Waals surface area contributed by atoms with Crippen molar-refractivity contribution >= 4 is 40.8 Å². The van der Waals surface area contributed by atoms with Crippen LogP contribution in [0.15, 0.2) is 59.5 Å². The van der Waals surface area contributed by atoms with E-state index in [1.165, 1.54) is 16.7 Å². The topological polar surface area (TPSA) is 37.4 Å². The van der Waals surface area contributed by atoms with Gasteiger partial charge in [0.05, 0.1) is 10.5 Å². The Bertz CT molecular complexity index is 844. The zero-order chi connectivity index (χ0) is 18.7. The van der Waals surface area contributed by atoms with Gasteiger partial charge in [-0.3, -0.25) is 14.5 Å². The number of thioether (sulfide) groups is 1. The Morgan fingerprint density at radius 2 is 1.62 bits per heavy atom. The lowest BCUT2D eigenvalue weighted by Gasteiger charge is -2.15. The molecule has 3 nitrogen and oxygen atoms in total. The minimum atomic E-state index is -0.210. The van der Waals surface area contributed by atoms with E-state index in [0.717, 1.165) is 11.1 Å². The summed E-state index contributed by atoms with van der Waals surface area (Å²) in [5.74, 6) is -0.403. The van der Waals surface area contributed by atoms with E-state index in [2.05, 4.69) is 0 Å². The van der Waals surface area contributed by atoms with Crippen molar-refractivity contribution in [3.8, 4) is 0 Å². The van der Waals surface area contributed by atoms with Crippen LogP contribution in [-0.2, 0) is 16.0 Å². The summed E-state index contributed by atoms with van der Waals surface area (Å²) in [5.41, 5.74) is 2.36. The van der Waals surface area contributed by atoms with Gasteiger partial charge in [0.15, 0.2) is 0 Å². The van der Waals surface area contributed by atoms with Crippen molar-refractivity contribution in [2.75, 3.05) is 6.54 Å². The summed E-state index contributed by atoms with van der Waals surface area (Å²) in [7, 11) is 0. The van der Waals surface area contributed by atoms with Gasteiger partial charge in [-0.2, -0.15) is 0 Å². The molecule has 0 saturated heterocycles. The fourth-order valence-electron chi connectivity index (χ4n) is 2.85. The van der Waals surface area contributed by atoms with Crippen LogP contribution in [0.25, 0.3) is 5.57 Å². The molecular weight excluding hydrogens is 366 g/mol. The fraction of sp³-hybridized carbons (Fsp3) is 0.238. The summed E-state index contributed by atoms with van der Waals surface area (Å²) in [6, 6.07) is 16.9. The summed E-state index contributed by atoms with van der Waals surface area (Å²) in [6.45, 7) is 4.40. The Hall–Kier alpha value is -2.04. The molecule has 2 aromatic rings. The lowest BCUT2D eigenvalue weighted by Crippen LogP contribution is -2.33. The lowest BCUT2D eigenvalue weighted by molar-refractivity contribution is -0.136. The highest BCUT2D eigenvalue weighted by atomic mass is 35.5. The molecule has 0 fully saturated rings. The van der Waals surface area contributed by atoms with Crippen LogP contribution in [0.5, 0.6) is 0 Å². The second kappa shape index (κ2) is 8.11. The molecule has 0 aromatic heterocycles. The Morgan fingerprint density at radius 1 is 0.962 bits per heavy atom. The van der Waals surface area contributed by atoms with E-state index in [1.807, 2.05) is 68.4 Å². The number of carbonyl (C=O) groups excluding carboxylic acids is 2. The van der Waals surface area contributed by atoms with Crippen LogP contribution in [0.3, 0.4) is 0 Å². The third-order valence-corrected chi connectivity index (χ3v) is 5.42. The highest BCUT2D eigenvalue weighted by molar-refractivity contribution is 8.04. The van der Waals surface area contributed by atoms with E-state index in [0.29, 0.717) is 28.5 Å². The third-order valence-electron chi connectivity index (χ3n) is 4.08. The number of nitrogens with zero attached hydrogens (tertiary/aromatic N) is 1. The average Bonchev–Trinajstić information content (AvgIpc) is 2.85. The predicted molar refractivity (Wildman–Crippen MR) is 108 cm³/mol. The number of halogens is 1. The van der Waals surface area contributed by atoms with Crippen LogP contribution < -0.4 is 0 Å².